The van der Waals surface area contributed by atoms with Crippen LogP contribution in [0.1, 0.15) is 17.0 Å². The largest absolute Gasteiger partial charge is 0.435 e. The van der Waals surface area contributed by atoms with Gasteiger partial charge in [0.2, 0.25) is 5.88 Å². The number of nitrogens with zero attached hydrogens (tertiary/aromatic N) is 2. The molecule has 0 bridgehead atoms. The monoisotopic (exact) mass is 283 g/mol. The second-order valence-electron chi connectivity index (χ2n) is 4.25. The second-order valence-corrected chi connectivity index (χ2v) is 4.25. The number of benzene rings is 1. The molecular formula is C13H12F3N3O. The third kappa shape index (κ3) is 2.98. The van der Waals surface area contributed by atoms with E-state index >= 15 is 0 Å². The van der Waals surface area contributed by atoms with Crippen molar-refractivity contribution in [3.8, 4) is 11.6 Å². The fraction of sp³-hybridized carbons (Fsp3) is 0.231. The summed E-state index contributed by atoms with van der Waals surface area (Å²) in [5, 5.41) is 0. The number of hydrogen-bond donors (Lipinski definition) is 1. The van der Waals surface area contributed by atoms with Crippen molar-refractivity contribution in [3.63, 3.8) is 0 Å². The highest BCUT2D eigenvalue weighted by molar-refractivity contribution is 5.56. The quantitative estimate of drug-likeness (QED) is 0.857. The SMILES string of the molecule is Cc1cnc(C)c(Oc2ccc(C(F)(F)F)cc2N)n1. The molecule has 0 unspecified atom stereocenters. The second kappa shape index (κ2) is 4.99. The van der Waals surface area contributed by atoms with Crippen molar-refractivity contribution in [1.82, 2.24) is 9.97 Å². The Hall–Kier alpha value is -2.31. The highest BCUT2D eigenvalue weighted by Crippen LogP contribution is 2.35. The molecule has 0 aliphatic rings. The van der Waals surface area contributed by atoms with Crippen molar-refractivity contribution >= 4 is 5.69 Å². The van der Waals surface area contributed by atoms with Gasteiger partial charge in [0.25, 0.3) is 0 Å². The predicted molar refractivity (Wildman–Crippen MR) is 67.4 cm³/mol. The van der Waals surface area contributed by atoms with Gasteiger partial charge in [-0.25, -0.2) is 4.98 Å². The van der Waals surface area contributed by atoms with Gasteiger partial charge in [0.05, 0.1) is 22.6 Å². The number of anilines is 1. The van der Waals surface area contributed by atoms with E-state index in [9.17, 15) is 13.2 Å². The molecule has 0 spiro atoms. The minimum absolute atomic E-state index is 0.109. The first-order valence-electron chi connectivity index (χ1n) is 5.72. The van der Waals surface area contributed by atoms with E-state index in [2.05, 4.69) is 9.97 Å². The maximum Gasteiger partial charge on any atom is 0.416 e. The van der Waals surface area contributed by atoms with Gasteiger partial charge in [0, 0.05) is 6.20 Å². The lowest BCUT2D eigenvalue weighted by atomic mass is 10.2. The summed E-state index contributed by atoms with van der Waals surface area (Å²) in [5.41, 5.74) is 5.81. The van der Waals surface area contributed by atoms with Gasteiger partial charge in [-0.05, 0) is 32.0 Å². The van der Waals surface area contributed by atoms with Crippen molar-refractivity contribution in [2.45, 2.75) is 20.0 Å². The fourth-order valence-corrected chi connectivity index (χ4v) is 1.53. The number of halogens is 3. The molecule has 20 heavy (non-hydrogen) atoms. The smallest absolute Gasteiger partial charge is 0.416 e. The Morgan fingerprint density at radius 2 is 1.90 bits per heavy atom. The van der Waals surface area contributed by atoms with E-state index in [0.29, 0.717) is 11.4 Å². The van der Waals surface area contributed by atoms with Crippen molar-refractivity contribution in [2.75, 3.05) is 5.73 Å². The lowest BCUT2D eigenvalue weighted by Gasteiger charge is -2.12. The molecule has 2 N–H and O–H groups in total. The van der Waals surface area contributed by atoms with Crippen LogP contribution in [-0.4, -0.2) is 9.97 Å². The molecule has 0 saturated heterocycles. The number of alkyl halides is 3. The molecule has 0 radical (unpaired) electrons. The molecule has 0 amide bonds. The van der Waals surface area contributed by atoms with Gasteiger partial charge in [-0.3, -0.25) is 4.98 Å². The molecule has 0 aliphatic heterocycles. The van der Waals surface area contributed by atoms with Crippen molar-refractivity contribution in [3.05, 3.63) is 41.3 Å². The average Bonchev–Trinajstić information content (AvgIpc) is 2.35. The van der Waals surface area contributed by atoms with Crippen LogP contribution < -0.4 is 10.5 Å². The van der Waals surface area contributed by atoms with Gasteiger partial charge < -0.3 is 10.5 Å². The van der Waals surface area contributed by atoms with Crippen molar-refractivity contribution in [1.29, 1.82) is 0 Å². The number of ether oxygens (including phenoxy) is 1. The molecule has 0 aliphatic carbocycles. The van der Waals surface area contributed by atoms with Crippen LogP contribution in [0, 0.1) is 13.8 Å². The van der Waals surface area contributed by atoms with E-state index in [1.165, 1.54) is 6.07 Å². The summed E-state index contributed by atoms with van der Waals surface area (Å²) in [6, 6.07) is 2.90. The van der Waals surface area contributed by atoms with Gasteiger partial charge in [-0.2, -0.15) is 13.2 Å². The van der Waals surface area contributed by atoms with Crippen LogP contribution >= 0.6 is 0 Å². The van der Waals surface area contributed by atoms with Crippen LogP contribution in [0.15, 0.2) is 24.4 Å². The molecule has 106 valence electrons. The normalized spacial score (nSPS) is 11.4. The van der Waals surface area contributed by atoms with Crippen LogP contribution in [0.5, 0.6) is 11.6 Å². The molecule has 1 heterocycles. The van der Waals surface area contributed by atoms with E-state index in [0.717, 1.165) is 12.1 Å². The number of aryl methyl sites for hydroxylation is 2. The van der Waals surface area contributed by atoms with Crippen LogP contribution in [0.25, 0.3) is 0 Å². The van der Waals surface area contributed by atoms with Crippen LogP contribution in [0.4, 0.5) is 18.9 Å². The summed E-state index contributed by atoms with van der Waals surface area (Å²) in [6.07, 6.45) is -2.87. The third-order valence-electron chi connectivity index (χ3n) is 2.58. The van der Waals surface area contributed by atoms with Gasteiger partial charge in [0.15, 0.2) is 5.75 Å². The summed E-state index contributed by atoms with van der Waals surface area (Å²) >= 11 is 0. The zero-order valence-electron chi connectivity index (χ0n) is 10.8. The maximum absolute atomic E-state index is 12.5. The van der Waals surface area contributed by atoms with Crippen molar-refractivity contribution in [2.24, 2.45) is 0 Å². The number of nitrogens with two attached hydrogens (primary N) is 1. The fourth-order valence-electron chi connectivity index (χ4n) is 1.53. The molecule has 1 aromatic heterocycles. The molecular weight excluding hydrogens is 271 g/mol. The molecule has 2 rings (SSSR count). The Bertz CT molecular complexity index is 641. The van der Waals surface area contributed by atoms with Gasteiger partial charge in [-0.15, -0.1) is 0 Å². The number of hydrogen-bond acceptors (Lipinski definition) is 4. The summed E-state index contributed by atoms with van der Waals surface area (Å²) in [7, 11) is 0. The molecule has 1 aromatic carbocycles. The van der Waals surface area contributed by atoms with E-state index in [4.69, 9.17) is 10.5 Å². The molecule has 0 atom stereocenters. The zero-order valence-corrected chi connectivity index (χ0v) is 10.8. The highest BCUT2D eigenvalue weighted by atomic mass is 19.4. The molecule has 4 nitrogen and oxygen atoms in total. The Morgan fingerprint density at radius 3 is 2.50 bits per heavy atom. The maximum atomic E-state index is 12.5. The minimum atomic E-state index is -4.44. The number of nitrogen functional groups attached to an aromatic ring is 1. The van der Waals surface area contributed by atoms with Crippen LogP contribution in [0.2, 0.25) is 0 Å². The zero-order chi connectivity index (χ0) is 14.9. The first kappa shape index (κ1) is 14.1. The molecule has 0 fully saturated rings. The first-order chi connectivity index (χ1) is 9.27. The Morgan fingerprint density at radius 1 is 1.20 bits per heavy atom. The van der Waals surface area contributed by atoms with Crippen LogP contribution in [0.3, 0.4) is 0 Å². The Kier molecular flexibility index (Phi) is 3.52. The highest BCUT2D eigenvalue weighted by Gasteiger charge is 2.31. The molecule has 0 saturated carbocycles. The lowest BCUT2D eigenvalue weighted by molar-refractivity contribution is -0.137. The molecule has 7 heteroatoms. The van der Waals surface area contributed by atoms with Gasteiger partial charge in [0.1, 0.15) is 0 Å². The minimum Gasteiger partial charge on any atom is -0.435 e. The Labute approximate surface area is 113 Å². The first-order valence-corrected chi connectivity index (χ1v) is 5.72. The van der Waals surface area contributed by atoms with E-state index < -0.39 is 11.7 Å². The summed E-state index contributed by atoms with van der Waals surface area (Å²) < 4.78 is 43.0. The van der Waals surface area contributed by atoms with E-state index in [1.54, 1.807) is 20.0 Å². The van der Waals surface area contributed by atoms with Gasteiger partial charge in [-0.1, -0.05) is 0 Å². The number of aromatic nitrogens is 2. The summed E-state index contributed by atoms with van der Waals surface area (Å²) in [4.78, 5) is 8.17. The van der Waals surface area contributed by atoms with Crippen LogP contribution in [-0.2, 0) is 6.18 Å². The lowest BCUT2D eigenvalue weighted by Crippen LogP contribution is -2.06. The summed E-state index contributed by atoms with van der Waals surface area (Å²) in [6.45, 7) is 3.41. The third-order valence-corrected chi connectivity index (χ3v) is 2.58. The molecule has 2 aromatic rings. The standard InChI is InChI=1S/C13H12F3N3O/c1-7-6-18-8(2)12(19-7)20-11-4-3-9(5-10(11)17)13(14,15)16/h3-6H,17H2,1-2H3. The predicted octanol–water partition coefficient (Wildman–Crippen LogP) is 3.49. The van der Waals surface area contributed by atoms with E-state index in [1.807, 2.05) is 0 Å². The van der Waals surface area contributed by atoms with Crippen molar-refractivity contribution < 1.29 is 17.9 Å². The average molecular weight is 283 g/mol. The summed E-state index contributed by atoms with van der Waals surface area (Å²) in [5.74, 6) is 0.331. The van der Waals surface area contributed by atoms with E-state index in [-0.39, 0.29) is 17.3 Å². The number of rotatable bonds is 2. The Balaban J connectivity index is 2.33. The van der Waals surface area contributed by atoms with Gasteiger partial charge >= 0.3 is 6.18 Å². The topological polar surface area (TPSA) is 61.0 Å².